The number of rotatable bonds is 3. The summed E-state index contributed by atoms with van der Waals surface area (Å²) in [7, 11) is 0. The van der Waals surface area contributed by atoms with Crippen LogP contribution < -0.4 is 5.73 Å². The van der Waals surface area contributed by atoms with Crippen LogP contribution in [0.3, 0.4) is 0 Å². The highest BCUT2D eigenvalue weighted by molar-refractivity contribution is 5.97. The van der Waals surface area contributed by atoms with Crippen molar-refractivity contribution in [2.45, 2.75) is 12.6 Å². The van der Waals surface area contributed by atoms with Gasteiger partial charge in [-0.1, -0.05) is 0 Å². The third-order valence-electron chi connectivity index (χ3n) is 4.04. The number of hydrogen-bond acceptors (Lipinski definition) is 3. The normalized spacial score (nSPS) is 12.1. The zero-order chi connectivity index (χ0) is 18.5. The quantitative estimate of drug-likeness (QED) is 0.333. The summed E-state index contributed by atoms with van der Waals surface area (Å²) in [5, 5.41) is 7.47. The second-order valence-electron chi connectivity index (χ2n) is 5.92. The van der Waals surface area contributed by atoms with Crippen molar-refractivity contribution in [1.29, 1.82) is 5.41 Å². The molecule has 9 heteroatoms. The van der Waals surface area contributed by atoms with E-state index in [9.17, 15) is 13.2 Å². The van der Waals surface area contributed by atoms with Gasteiger partial charge in [-0.3, -0.25) is 5.41 Å². The lowest BCUT2D eigenvalue weighted by Crippen LogP contribution is -2.10. The van der Waals surface area contributed by atoms with Crippen LogP contribution >= 0.6 is 0 Å². The number of benzene rings is 2. The summed E-state index contributed by atoms with van der Waals surface area (Å²) in [4.78, 5) is 14.8. The van der Waals surface area contributed by atoms with Gasteiger partial charge in [0.05, 0.1) is 34.1 Å². The van der Waals surface area contributed by atoms with E-state index in [0.29, 0.717) is 40.2 Å². The van der Waals surface area contributed by atoms with Crippen molar-refractivity contribution in [1.82, 2.24) is 19.9 Å². The van der Waals surface area contributed by atoms with E-state index in [2.05, 4.69) is 19.9 Å². The Hall–Kier alpha value is -3.36. The molecule has 2 aromatic carbocycles. The van der Waals surface area contributed by atoms with Crippen LogP contribution in [-0.2, 0) is 12.6 Å². The third kappa shape index (κ3) is 2.87. The number of H-pyrrole nitrogens is 2. The molecule has 2 aromatic heterocycles. The number of imidazole rings is 2. The van der Waals surface area contributed by atoms with E-state index in [-0.39, 0.29) is 5.84 Å². The third-order valence-corrected chi connectivity index (χ3v) is 4.04. The number of nitrogens with two attached hydrogens (primary N) is 1. The van der Waals surface area contributed by atoms with E-state index in [1.54, 1.807) is 18.2 Å². The molecule has 0 spiro atoms. The summed E-state index contributed by atoms with van der Waals surface area (Å²) in [5.41, 5.74) is 7.55. The first kappa shape index (κ1) is 16.1. The molecule has 0 atom stereocenters. The molecule has 0 fully saturated rings. The first-order valence-electron chi connectivity index (χ1n) is 7.68. The fourth-order valence-electron chi connectivity index (χ4n) is 2.79. The zero-order valence-corrected chi connectivity index (χ0v) is 13.3. The Labute approximate surface area is 144 Å². The molecule has 6 nitrogen and oxygen atoms in total. The Morgan fingerprint density at radius 2 is 1.54 bits per heavy atom. The number of aromatic amines is 2. The van der Waals surface area contributed by atoms with Gasteiger partial charge in [-0.05, 0) is 36.4 Å². The van der Waals surface area contributed by atoms with Crippen molar-refractivity contribution < 1.29 is 13.2 Å². The lowest BCUT2D eigenvalue weighted by atomic mass is 10.2. The van der Waals surface area contributed by atoms with Crippen molar-refractivity contribution in [3.63, 3.8) is 0 Å². The molecule has 2 heterocycles. The molecule has 0 radical (unpaired) electrons. The van der Waals surface area contributed by atoms with Gasteiger partial charge in [-0.25, -0.2) is 9.97 Å². The van der Waals surface area contributed by atoms with E-state index in [1.165, 1.54) is 6.07 Å². The Balaban J connectivity index is 1.66. The summed E-state index contributed by atoms with van der Waals surface area (Å²) >= 11 is 0. The Morgan fingerprint density at radius 1 is 0.962 bits per heavy atom. The molecule has 0 aliphatic carbocycles. The van der Waals surface area contributed by atoms with Gasteiger partial charge in [0.2, 0.25) is 0 Å². The Bertz CT molecular complexity index is 1140. The number of nitrogen functional groups attached to an aromatic ring is 1. The smallest absolute Gasteiger partial charge is 0.384 e. The zero-order valence-electron chi connectivity index (χ0n) is 13.3. The molecular formula is C17H13F3N6. The van der Waals surface area contributed by atoms with E-state index in [1.807, 2.05) is 0 Å². The molecule has 0 bridgehead atoms. The summed E-state index contributed by atoms with van der Waals surface area (Å²) in [6.45, 7) is 0. The van der Waals surface area contributed by atoms with Crippen molar-refractivity contribution in [3.05, 3.63) is 59.2 Å². The highest BCUT2D eigenvalue weighted by atomic mass is 19.4. The second-order valence-corrected chi connectivity index (χ2v) is 5.92. The second kappa shape index (κ2) is 5.58. The molecule has 132 valence electrons. The van der Waals surface area contributed by atoms with Crippen LogP contribution in [0.2, 0.25) is 0 Å². The predicted molar refractivity (Wildman–Crippen MR) is 91.0 cm³/mol. The van der Waals surface area contributed by atoms with E-state index in [0.717, 1.165) is 17.6 Å². The van der Waals surface area contributed by atoms with E-state index < -0.39 is 11.7 Å². The average molecular weight is 358 g/mol. The number of fused-ring (bicyclic) bond motifs is 2. The standard InChI is InChI=1S/C17H13F3N6/c18-17(19,20)9-2-4-11-13(6-9)26-15(24-11)7-14-23-10-3-1-8(16(21)22)5-12(10)25-14/h1-6H,7H2,(H3,21,22)(H,23,25)(H,24,26). The maximum atomic E-state index is 12.8. The lowest BCUT2D eigenvalue weighted by molar-refractivity contribution is -0.137. The largest absolute Gasteiger partial charge is 0.416 e. The molecule has 0 unspecified atom stereocenters. The molecular weight excluding hydrogens is 345 g/mol. The fourth-order valence-corrected chi connectivity index (χ4v) is 2.79. The number of aromatic nitrogens is 4. The number of hydrogen-bond donors (Lipinski definition) is 4. The predicted octanol–water partition coefficient (Wildman–Crippen LogP) is 3.33. The molecule has 0 amide bonds. The van der Waals surface area contributed by atoms with Gasteiger partial charge in [0, 0.05) is 5.56 Å². The number of nitrogens with one attached hydrogen (secondary N) is 3. The molecule has 0 saturated carbocycles. The minimum atomic E-state index is -4.40. The van der Waals surface area contributed by atoms with Crippen molar-refractivity contribution >= 4 is 27.9 Å². The van der Waals surface area contributed by atoms with Crippen molar-refractivity contribution in [3.8, 4) is 0 Å². The fraction of sp³-hybridized carbons (Fsp3) is 0.118. The Kier molecular flexibility index (Phi) is 3.46. The average Bonchev–Trinajstić information content (AvgIpc) is 3.14. The van der Waals surface area contributed by atoms with Crippen LogP contribution in [0.1, 0.15) is 22.8 Å². The van der Waals surface area contributed by atoms with Gasteiger partial charge in [-0.2, -0.15) is 13.2 Å². The highest BCUT2D eigenvalue weighted by Gasteiger charge is 2.30. The van der Waals surface area contributed by atoms with Gasteiger partial charge in [0.15, 0.2) is 0 Å². The molecule has 0 aliphatic heterocycles. The monoisotopic (exact) mass is 358 g/mol. The highest BCUT2D eigenvalue weighted by Crippen LogP contribution is 2.31. The summed E-state index contributed by atoms with van der Waals surface area (Å²) in [6.07, 6.45) is -4.09. The summed E-state index contributed by atoms with van der Waals surface area (Å²) in [5.74, 6) is 1.07. The van der Waals surface area contributed by atoms with Crippen LogP contribution in [0.4, 0.5) is 13.2 Å². The van der Waals surface area contributed by atoms with Gasteiger partial charge >= 0.3 is 6.18 Å². The van der Waals surface area contributed by atoms with Gasteiger partial charge < -0.3 is 15.7 Å². The minimum Gasteiger partial charge on any atom is -0.384 e. The molecule has 0 saturated heterocycles. The lowest BCUT2D eigenvalue weighted by Gasteiger charge is -2.05. The van der Waals surface area contributed by atoms with Crippen molar-refractivity contribution in [2.24, 2.45) is 5.73 Å². The number of amidine groups is 1. The van der Waals surface area contributed by atoms with Gasteiger partial charge in [-0.15, -0.1) is 0 Å². The number of alkyl halides is 3. The number of halogens is 3. The van der Waals surface area contributed by atoms with Crippen LogP contribution in [-0.4, -0.2) is 25.8 Å². The topological polar surface area (TPSA) is 107 Å². The minimum absolute atomic E-state index is 0.0409. The summed E-state index contributed by atoms with van der Waals surface area (Å²) < 4.78 is 38.4. The number of nitrogens with zero attached hydrogens (tertiary/aromatic N) is 2. The molecule has 5 N–H and O–H groups in total. The van der Waals surface area contributed by atoms with E-state index in [4.69, 9.17) is 11.1 Å². The van der Waals surface area contributed by atoms with Crippen LogP contribution in [0.5, 0.6) is 0 Å². The maximum Gasteiger partial charge on any atom is 0.416 e. The van der Waals surface area contributed by atoms with Crippen LogP contribution in [0.15, 0.2) is 36.4 Å². The van der Waals surface area contributed by atoms with Crippen molar-refractivity contribution in [2.75, 3.05) is 0 Å². The molecule has 26 heavy (non-hydrogen) atoms. The SMILES string of the molecule is N=C(N)c1ccc2nc(Cc3nc4ccc(C(F)(F)F)cc4[nH]3)[nH]c2c1. The Morgan fingerprint density at radius 3 is 2.12 bits per heavy atom. The molecule has 0 aliphatic rings. The first-order valence-corrected chi connectivity index (χ1v) is 7.68. The van der Waals surface area contributed by atoms with Gasteiger partial charge in [0.1, 0.15) is 17.5 Å². The maximum absolute atomic E-state index is 12.8. The summed E-state index contributed by atoms with van der Waals surface area (Å²) in [6, 6.07) is 8.58. The van der Waals surface area contributed by atoms with E-state index >= 15 is 0 Å². The molecule has 4 aromatic rings. The van der Waals surface area contributed by atoms with Crippen LogP contribution in [0.25, 0.3) is 22.1 Å². The molecule has 4 rings (SSSR count). The first-order chi connectivity index (χ1) is 12.3. The van der Waals surface area contributed by atoms with Gasteiger partial charge in [0.25, 0.3) is 0 Å². The van der Waals surface area contributed by atoms with Crippen LogP contribution in [0, 0.1) is 5.41 Å².